The molecule has 3 aromatic rings. The van der Waals surface area contributed by atoms with Crippen molar-refractivity contribution in [3.05, 3.63) is 59.5 Å². The molecule has 10 nitrogen and oxygen atoms in total. The van der Waals surface area contributed by atoms with Gasteiger partial charge in [0.25, 0.3) is 0 Å². The van der Waals surface area contributed by atoms with E-state index in [0.29, 0.717) is 22.8 Å². The van der Waals surface area contributed by atoms with E-state index < -0.39 is 21.6 Å². The SMILES string of the molecule is COc1cc(CNC(=O)c2nc(CCS(=O)(=O)c3ccc(F)cc3)no2)cc(OC)c1OC. The minimum absolute atomic E-state index is 0.0179. The summed E-state index contributed by atoms with van der Waals surface area (Å²) in [6.45, 7) is 0.103. The van der Waals surface area contributed by atoms with Gasteiger partial charge in [-0.1, -0.05) is 5.16 Å². The van der Waals surface area contributed by atoms with Gasteiger partial charge in [0.2, 0.25) is 5.75 Å². The number of hydrogen-bond acceptors (Lipinski definition) is 9. The van der Waals surface area contributed by atoms with Gasteiger partial charge in [-0.2, -0.15) is 4.98 Å². The monoisotopic (exact) mass is 479 g/mol. The standard InChI is InChI=1S/C21H22FN3O7S/c1-29-16-10-13(11-17(30-2)19(16)31-3)12-23-20(26)21-24-18(25-32-21)8-9-33(27,28)15-6-4-14(22)5-7-15/h4-7,10-11H,8-9,12H2,1-3H3,(H,23,26). The van der Waals surface area contributed by atoms with Gasteiger partial charge in [0.1, 0.15) is 5.82 Å². The van der Waals surface area contributed by atoms with Crippen molar-refractivity contribution in [1.82, 2.24) is 15.5 Å². The molecule has 0 aliphatic carbocycles. The van der Waals surface area contributed by atoms with Crippen LogP contribution in [-0.2, 0) is 22.8 Å². The molecular weight excluding hydrogens is 457 g/mol. The van der Waals surface area contributed by atoms with E-state index in [0.717, 1.165) is 12.1 Å². The fourth-order valence-corrected chi connectivity index (χ4v) is 4.17. The fraction of sp³-hybridized carbons (Fsp3) is 0.286. The second-order valence-electron chi connectivity index (χ2n) is 6.75. The molecule has 0 unspecified atom stereocenters. The lowest BCUT2D eigenvalue weighted by Crippen LogP contribution is -2.23. The van der Waals surface area contributed by atoms with E-state index in [1.54, 1.807) is 12.1 Å². The number of rotatable bonds is 10. The van der Waals surface area contributed by atoms with Gasteiger partial charge in [-0.3, -0.25) is 4.79 Å². The van der Waals surface area contributed by atoms with Crippen LogP contribution in [0.1, 0.15) is 22.1 Å². The first-order valence-corrected chi connectivity index (χ1v) is 11.3. The Kier molecular flexibility index (Phi) is 7.48. The number of carbonyl (C=O) groups excluding carboxylic acids is 1. The van der Waals surface area contributed by atoms with Crippen molar-refractivity contribution in [1.29, 1.82) is 0 Å². The summed E-state index contributed by atoms with van der Waals surface area (Å²) in [5, 5.41) is 6.28. The summed E-state index contributed by atoms with van der Waals surface area (Å²) < 4.78 is 58.5. The molecule has 1 aromatic heterocycles. The molecule has 0 atom stereocenters. The molecule has 3 rings (SSSR count). The van der Waals surface area contributed by atoms with Gasteiger partial charge in [-0.05, 0) is 42.0 Å². The van der Waals surface area contributed by atoms with Crippen LogP contribution in [0, 0.1) is 5.82 Å². The Morgan fingerprint density at radius 1 is 1.06 bits per heavy atom. The van der Waals surface area contributed by atoms with Crippen LogP contribution in [0.5, 0.6) is 17.2 Å². The zero-order valence-electron chi connectivity index (χ0n) is 18.1. The maximum absolute atomic E-state index is 13.0. The first-order valence-electron chi connectivity index (χ1n) is 9.65. The van der Waals surface area contributed by atoms with E-state index in [2.05, 4.69) is 15.5 Å². The summed E-state index contributed by atoms with van der Waals surface area (Å²) in [4.78, 5) is 16.3. The molecule has 176 valence electrons. The number of halogens is 1. The number of ether oxygens (including phenoxy) is 3. The first kappa shape index (κ1) is 24.0. The van der Waals surface area contributed by atoms with Crippen molar-refractivity contribution in [3.8, 4) is 17.2 Å². The number of aryl methyl sites for hydroxylation is 1. The van der Waals surface area contributed by atoms with E-state index in [4.69, 9.17) is 18.7 Å². The lowest BCUT2D eigenvalue weighted by molar-refractivity contribution is 0.0907. The van der Waals surface area contributed by atoms with Gasteiger partial charge in [0.05, 0.1) is 32.0 Å². The van der Waals surface area contributed by atoms with Crippen LogP contribution in [0.25, 0.3) is 0 Å². The van der Waals surface area contributed by atoms with Crippen LogP contribution in [0.4, 0.5) is 4.39 Å². The second-order valence-corrected chi connectivity index (χ2v) is 8.86. The van der Waals surface area contributed by atoms with Crippen LogP contribution in [-0.4, -0.2) is 51.5 Å². The van der Waals surface area contributed by atoms with Crippen molar-refractivity contribution < 1.29 is 36.3 Å². The summed E-state index contributed by atoms with van der Waals surface area (Å²) in [5.74, 6) is -0.460. The molecule has 0 saturated carbocycles. The first-order chi connectivity index (χ1) is 15.8. The third-order valence-electron chi connectivity index (χ3n) is 4.61. The number of aromatic nitrogens is 2. The predicted molar refractivity (Wildman–Crippen MR) is 114 cm³/mol. The highest BCUT2D eigenvalue weighted by atomic mass is 32.2. The number of sulfone groups is 1. The average Bonchev–Trinajstić information content (AvgIpc) is 3.30. The number of nitrogens with zero attached hydrogens (tertiary/aromatic N) is 2. The third-order valence-corrected chi connectivity index (χ3v) is 6.34. The number of carbonyl (C=O) groups is 1. The summed E-state index contributed by atoms with van der Waals surface area (Å²) in [6.07, 6.45) is -0.0800. The minimum atomic E-state index is -3.67. The average molecular weight is 479 g/mol. The van der Waals surface area contributed by atoms with E-state index >= 15 is 0 Å². The third kappa shape index (κ3) is 5.77. The second kappa shape index (κ2) is 10.3. The summed E-state index contributed by atoms with van der Waals surface area (Å²) in [5.41, 5.74) is 0.669. The Labute approximate surface area is 189 Å². The number of methoxy groups -OCH3 is 3. The normalized spacial score (nSPS) is 11.2. The summed E-state index contributed by atoms with van der Waals surface area (Å²) >= 11 is 0. The van der Waals surface area contributed by atoms with Gasteiger partial charge in [-0.15, -0.1) is 0 Å². The maximum Gasteiger partial charge on any atom is 0.315 e. The summed E-state index contributed by atoms with van der Waals surface area (Å²) in [7, 11) is 0.776. The van der Waals surface area contributed by atoms with Crippen molar-refractivity contribution in [2.75, 3.05) is 27.1 Å². The van der Waals surface area contributed by atoms with Crippen molar-refractivity contribution in [3.63, 3.8) is 0 Å². The topological polar surface area (TPSA) is 130 Å². The van der Waals surface area contributed by atoms with Crippen LogP contribution in [0.2, 0.25) is 0 Å². The van der Waals surface area contributed by atoms with Crippen LogP contribution in [0.3, 0.4) is 0 Å². The molecule has 12 heteroatoms. The van der Waals surface area contributed by atoms with E-state index in [9.17, 15) is 17.6 Å². The molecule has 0 bridgehead atoms. The lowest BCUT2D eigenvalue weighted by Gasteiger charge is -2.14. The molecule has 1 amide bonds. The van der Waals surface area contributed by atoms with Gasteiger partial charge < -0.3 is 24.1 Å². The number of amides is 1. The molecule has 0 radical (unpaired) electrons. The zero-order valence-corrected chi connectivity index (χ0v) is 18.9. The molecular formula is C21H22FN3O7S. The summed E-state index contributed by atoms with van der Waals surface area (Å²) in [6, 6.07) is 7.86. The number of hydrogen-bond donors (Lipinski definition) is 1. The van der Waals surface area contributed by atoms with Gasteiger partial charge in [0.15, 0.2) is 27.2 Å². The fourth-order valence-electron chi connectivity index (χ4n) is 2.93. The van der Waals surface area contributed by atoms with Crippen LogP contribution >= 0.6 is 0 Å². The maximum atomic E-state index is 13.0. The Morgan fingerprint density at radius 3 is 2.27 bits per heavy atom. The predicted octanol–water partition coefficient (Wildman–Crippen LogP) is 2.18. The van der Waals surface area contributed by atoms with Gasteiger partial charge in [-0.25, -0.2) is 12.8 Å². The smallest absolute Gasteiger partial charge is 0.315 e. The molecule has 0 saturated heterocycles. The molecule has 0 fully saturated rings. The molecule has 0 aliphatic heterocycles. The Hall–Kier alpha value is -3.67. The van der Waals surface area contributed by atoms with Crippen molar-refractivity contribution >= 4 is 15.7 Å². The van der Waals surface area contributed by atoms with Gasteiger partial charge >= 0.3 is 11.8 Å². The Balaban J connectivity index is 1.62. The van der Waals surface area contributed by atoms with E-state index in [1.807, 2.05) is 0 Å². The molecule has 2 aromatic carbocycles. The van der Waals surface area contributed by atoms with Gasteiger partial charge in [0, 0.05) is 13.0 Å². The zero-order chi connectivity index (χ0) is 24.0. The highest BCUT2D eigenvalue weighted by Gasteiger charge is 2.20. The van der Waals surface area contributed by atoms with E-state index in [1.165, 1.54) is 33.5 Å². The van der Waals surface area contributed by atoms with Crippen LogP contribution < -0.4 is 19.5 Å². The van der Waals surface area contributed by atoms with Crippen molar-refractivity contribution in [2.24, 2.45) is 0 Å². The largest absolute Gasteiger partial charge is 0.493 e. The minimum Gasteiger partial charge on any atom is -0.493 e. The van der Waals surface area contributed by atoms with E-state index in [-0.39, 0.29) is 35.3 Å². The lowest BCUT2D eigenvalue weighted by atomic mass is 10.1. The molecule has 33 heavy (non-hydrogen) atoms. The molecule has 0 aliphatic rings. The molecule has 0 spiro atoms. The Morgan fingerprint density at radius 2 is 1.70 bits per heavy atom. The highest BCUT2D eigenvalue weighted by molar-refractivity contribution is 7.91. The number of benzene rings is 2. The highest BCUT2D eigenvalue weighted by Crippen LogP contribution is 2.38. The molecule has 1 heterocycles. The Bertz CT molecular complexity index is 1200. The molecule has 1 N–H and O–H groups in total. The quantitative estimate of drug-likeness (QED) is 0.435. The number of nitrogens with one attached hydrogen (secondary N) is 1. The van der Waals surface area contributed by atoms with Crippen molar-refractivity contribution in [2.45, 2.75) is 17.9 Å². The van der Waals surface area contributed by atoms with Crippen LogP contribution in [0.15, 0.2) is 45.8 Å².